The lowest BCUT2D eigenvalue weighted by Gasteiger charge is -2.13. The van der Waals surface area contributed by atoms with Crippen molar-refractivity contribution >= 4 is 28.8 Å². The minimum atomic E-state index is -0.757. The van der Waals surface area contributed by atoms with Crippen molar-refractivity contribution in [3.05, 3.63) is 102 Å². The second-order valence-electron chi connectivity index (χ2n) is 8.89. The van der Waals surface area contributed by atoms with Gasteiger partial charge in [-0.25, -0.2) is 5.43 Å². The highest BCUT2D eigenvalue weighted by atomic mass is 16.5. The van der Waals surface area contributed by atoms with Gasteiger partial charge in [0.15, 0.2) is 11.5 Å². The van der Waals surface area contributed by atoms with E-state index in [0.29, 0.717) is 29.4 Å². The molecule has 0 saturated carbocycles. The Bertz CT molecular complexity index is 1460. The van der Waals surface area contributed by atoms with Crippen LogP contribution in [-0.4, -0.2) is 38.3 Å². The molecule has 4 aromatic rings. The molecule has 0 spiro atoms. The number of nitrogens with one attached hydrogen (secondary N) is 2. The Morgan fingerprint density at radius 1 is 0.897 bits per heavy atom. The minimum Gasteiger partial charge on any atom is -0.497 e. The summed E-state index contributed by atoms with van der Waals surface area (Å²) in [4.78, 5) is 24.7. The van der Waals surface area contributed by atoms with Crippen LogP contribution in [-0.2, 0) is 22.6 Å². The Morgan fingerprint density at radius 2 is 1.67 bits per heavy atom. The van der Waals surface area contributed by atoms with Gasteiger partial charge in [-0.05, 0) is 64.7 Å². The molecule has 200 valence electrons. The van der Waals surface area contributed by atoms with Gasteiger partial charge in [0.05, 0.1) is 26.9 Å². The minimum absolute atomic E-state index is 0.152. The van der Waals surface area contributed by atoms with Crippen molar-refractivity contribution in [3.63, 3.8) is 0 Å². The molecule has 1 unspecified atom stereocenters. The van der Waals surface area contributed by atoms with E-state index in [2.05, 4.69) is 34.0 Å². The third-order valence-electron chi connectivity index (χ3n) is 6.13. The van der Waals surface area contributed by atoms with E-state index in [1.165, 1.54) is 6.21 Å². The number of hydrogen-bond donors (Lipinski definition) is 2. The summed E-state index contributed by atoms with van der Waals surface area (Å²) >= 11 is 0. The molecule has 0 aliphatic carbocycles. The second kappa shape index (κ2) is 13.1. The molecule has 2 amide bonds. The van der Waals surface area contributed by atoms with E-state index < -0.39 is 11.9 Å². The number of hydrazone groups is 1. The van der Waals surface area contributed by atoms with Crippen molar-refractivity contribution in [2.24, 2.45) is 5.10 Å². The summed E-state index contributed by atoms with van der Waals surface area (Å²) in [6.07, 6.45) is 1.65. The van der Waals surface area contributed by atoms with Gasteiger partial charge in [-0.3, -0.25) is 9.59 Å². The zero-order chi connectivity index (χ0) is 27.6. The Kier molecular flexibility index (Phi) is 9.13. The lowest BCUT2D eigenvalue weighted by molar-refractivity contribution is -0.128. The van der Waals surface area contributed by atoms with Crippen molar-refractivity contribution < 1.29 is 23.8 Å². The van der Waals surface area contributed by atoms with Gasteiger partial charge in [0.2, 0.25) is 5.91 Å². The monoisotopic (exact) mass is 525 g/mol. The van der Waals surface area contributed by atoms with Crippen LogP contribution in [0.1, 0.15) is 23.6 Å². The first-order valence-electron chi connectivity index (χ1n) is 12.5. The molecule has 8 heteroatoms. The van der Waals surface area contributed by atoms with Crippen LogP contribution in [0.2, 0.25) is 0 Å². The van der Waals surface area contributed by atoms with Crippen LogP contribution in [0.4, 0.5) is 0 Å². The van der Waals surface area contributed by atoms with Gasteiger partial charge >= 0.3 is 0 Å². The van der Waals surface area contributed by atoms with Gasteiger partial charge in [-0.15, -0.1) is 0 Å². The number of ether oxygens (including phenoxy) is 3. The first-order valence-corrected chi connectivity index (χ1v) is 12.5. The number of amides is 2. The van der Waals surface area contributed by atoms with E-state index in [9.17, 15) is 9.59 Å². The van der Waals surface area contributed by atoms with Crippen molar-refractivity contribution in [3.8, 4) is 17.2 Å². The number of benzene rings is 4. The molecule has 8 nitrogen and oxygen atoms in total. The third kappa shape index (κ3) is 7.35. The maximum Gasteiger partial charge on any atom is 0.262 e. The molecule has 0 saturated heterocycles. The summed E-state index contributed by atoms with van der Waals surface area (Å²) in [6, 6.07) is 26.1. The second-order valence-corrected chi connectivity index (χ2v) is 8.89. The zero-order valence-corrected chi connectivity index (χ0v) is 22.1. The van der Waals surface area contributed by atoms with Crippen molar-refractivity contribution in [2.45, 2.75) is 26.0 Å². The third-order valence-corrected chi connectivity index (χ3v) is 6.13. The lowest BCUT2D eigenvalue weighted by Crippen LogP contribution is -2.43. The highest BCUT2D eigenvalue weighted by Crippen LogP contribution is 2.29. The van der Waals surface area contributed by atoms with Crippen molar-refractivity contribution in [1.29, 1.82) is 0 Å². The Balaban J connectivity index is 1.29. The van der Waals surface area contributed by atoms with Crippen LogP contribution in [0.5, 0.6) is 17.2 Å². The summed E-state index contributed by atoms with van der Waals surface area (Å²) in [5.41, 5.74) is 5.06. The number of methoxy groups -OCH3 is 2. The summed E-state index contributed by atoms with van der Waals surface area (Å²) in [7, 11) is 3.15. The number of rotatable bonds is 11. The maximum atomic E-state index is 12.4. The Labute approximate surface area is 227 Å². The predicted molar refractivity (Wildman–Crippen MR) is 151 cm³/mol. The SMILES string of the molecule is COc1ccc(CC(=O)NC(C)C(=O)NN=Cc2ccc(OCc3cccc4ccccc34)c(OC)c2)cc1. The van der Waals surface area contributed by atoms with E-state index in [1.54, 1.807) is 45.4 Å². The lowest BCUT2D eigenvalue weighted by atomic mass is 10.1. The van der Waals surface area contributed by atoms with Gasteiger partial charge in [-0.1, -0.05) is 54.6 Å². The molecule has 2 N–H and O–H groups in total. The molecule has 4 rings (SSSR count). The topological polar surface area (TPSA) is 98.2 Å². The van der Waals surface area contributed by atoms with Gasteiger partial charge in [0.1, 0.15) is 18.4 Å². The molecular formula is C31H31N3O5. The normalized spacial score (nSPS) is 11.7. The molecule has 0 aromatic heterocycles. The van der Waals surface area contributed by atoms with E-state index in [-0.39, 0.29) is 12.3 Å². The highest BCUT2D eigenvalue weighted by Gasteiger charge is 2.15. The fraction of sp³-hybridized carbons (Fsp3) is 0.194. The molecule has 0 fully saturated rings. The van der Waals surface area contributed by atoms with E-state index >= 15 is 0 Å². The molecule has 0 heterocycles. The average molecular weight is 526 g/mol. The van der Waals surface area contributed by atoms with Crippen LogP contribution in [0.15, 0.2) is 90.0 Å². The largest absolute Gasteiger partial charge is 0.497 e. The van der Waals surface area contributed by atoms with Gasteiger partial charge in [0.25, 0.3) is 5.91 Å². The van der Waals surface area contributed by atoms with Crippen molar-refractivity contribution in [1.82, 2.24) is 10.7 Å². The Morgan fingerprint density at radius 3 is 2.44 bits per heavy atom. The number of carbonyl (C=O) groups excluding carboxylic acids is 2. The van der Waals surface area contributed by atoms with E-state index in [1.807, 2.05) is 42.5 Å². The summed E-state index contributed by atoms with van der Waals surface area (Å²) in [5, 5.41) is 9.00. The van der Waals surface area contributed by atoms with Crippen LogP contribution >= 0.6 is 0 Å². The molecule has 4 aromatic carbocycles. The van der Waals surface area contributed by atoms with Gasteiger partial charge in [0, 0.05) is 0 Å². The summed E-state index contributed by atoms with van der Waals surface area (Å²) in [5.74, 6) is 1.15. The van der Waals surface area contributed by atoms with E-state index in [4.69, 9.17) is 14.2 Å². The van der Waals surface area contributed by atoms with E-state index in [0.717, 1.165) is 21.9 Å². The predicted octanol–water partition coefficient (Wildman–Crippen LogP) is 4.63. The smallest absolute Gasteiger partial charge is 0.262 e. The zero-order valence-electron chi connectivity index (χ0n) is 22.1. The maximum absolute atomic E-state index is 12.4. The molecule has 0 bridgehead atoms. The molecule has 1 atom stereocenters. The first kappa shape index (κ1) is 27.2. The fourth-order valence-corrected chi connectivity index (χ4v) is 4.01. The first-order chi connectivity index (χ1) is 19.0. The molecule has 0 aliphatic heterocycles. The molecular weight excluding hydrogens is 494 g/mol. The number of hydrogen-bond acceptors (Lipinski definition) is 6. The van der Waals surface area contributed by atoms with Gasteiger partial charge < -0.3 is 19.5 Å². The number of fused-ring (bicyclic) bond motifs is 1. The van der Waals surface area contributed by atoms with Gasteiger partial charge in [-0.2, -0.15) is 5.10 Å². The van der Waals surface area contributed by atoms with Crippen LogP contribution in [0, 0.1) is 0 Å². The average Bonchev–Trinajstić information content (AvgIpc) is 2.96. The number of nitrogens with zero attached hydrogens (tertiary/aromatic N) is 1. The number of carbonyl (C=O) groups is 2. The molecule has 0 radical (unpaired) electrons. The van der Waals surface area contributed by atoms with Crippen LogP contribution < -0.4 is 25.0 Å². The summed E-state index contributed by atoms with van der Waals surface area (Å²) in [6.45, 7) is 1.99. The standard InChI is InChI=1S/C31H31N3O5/c1-21(33-30(35)18-22-11-14-26(37-2)15-12-22)31(36)34-32-19-23-13-16-28(29(17-23)38-3)39-20-25-9-6-8-24-7-4-5-10-27(24)25/h4-17,19,21H,18,20H2,1-3H3,(H,33,35)(H,34,36). The molecule has 0 aliphatic rings. The van der Waals surface area contributed by atoms with Crippen LogP contribution in [0.25, 0.3) is 10.8 Å². The van der Waals surface area contributed by atoms with Crippen molar-refractivity contribution in [2.75, 3.05) is 14.2 Å². The van der Waals surface area contributed by atoms with Crippen LogP contribution in [0.3, 0.4) is 0 Å². The quantitative estimate of drug-likeness (QED) is 0.220. The fourth-order valence-electron chi connectivity index (χ4n) is 4.01. The summed E-state index contributed by atoms with van der Waals surface area (Å²) < 4.78 is 16.7. The Hall–Kier alpha value is -4.85. The highest BCUT2D eigenvalue weighted by molar-refractivity contribution is 5.89. The molecule has 39 heavy (non-hydrogen) atoms.